The van der Waals surface area contributed by atoms with Crippen LogP contribution in [-0.4, -0.2) is 55.5 Å². The summed E-state index contributed by atoms with van der Waals surface area (Å²) in [5, 5.41) is 2.93. The number of anilines is 1. The molecule has 28 heavy (non-hydrogen) atoms. The van der Waals surface area contributed by atoms with Crippen molar-refractivity contribution < 1.29 is 18.7 Å². The molecule has 1 aliphatic heterocycles. The van der Waals surface area contributed by atoms with Gasteiger partial charge in [-0.05, 0) is 36.8 Å². The predicted octanol–water partition coefficient (Wildman–Crippen LogP) is 2.67. The van der Waals surface area contributed by atoms with Gasteiger partial charge in [0.2, 0.25) is 0 Å². The predicted molar refractivity (Wildman–Crippen MR) is 105 cm³/mol. The fourth-order valence-electron chi connectivity index (χ4n) is 3.39. The number of hydrogen-bond acceptors (Lipinski definition) is 6. The monoisotopic (exact) mass is 384 g/mol. The van der Waals surface area contributed by atoms with Gasteiger partial charge in [-0.1, -0.05) is 0 Å². The van der Waals surface area contributed by atoms with Crippen LogP contribution in [-0.2, 0) is 11.2 Å². The molecule has 2 aromatic heterocycles. The van der Waals surface area contributed by atoms with E-state index in [0.29, 0.717) is 6.54 Å². The minimum Gasteiger partial charge on any atom is -0.469 e. The number of benzene rings is 1. The normalized spacial score (nSPS) is 14.4. The average Bonchev–Trinajstić information content (AvgIpc) is 3.38. The molecule has 0 spiro atoms. The van der Waals surface area contributed by atoms with E-state index in [4.69, 9.17) is 13.9 Å². The third-order valence-electron chi connectivity index (χ3n) is 4.83. The first-order valence-corrected chi connectivity index (χ1v) is 9.46. The summed E-state index contributed by atoms with van der Waals surface area (Å²) in [6.07, 6.45) is 3.22. The lowest BCUT2D eigenvalue weighted by molar-refractivity contribution is 0.122. The topological polar surface area (TPSA) is 81.8 Å². The Morgan fingerprint density at radius 1 is 1.29 bits per heavy atom. The maximum atomic E-state index is 12.7. The highest BCUT2D eigenvalue weighted by atomic mass is 16.5. The van der Waals surface area contributed by atoms with Crippen molar-refractivity contribution >= 4 is 22.8 Å². The number of amides is 1. The van der Waals surface area contributed by atoms with Crippen molar-refractivity contribution in [2.45, 2.75) is 12.8 Å². The number of methoxy groups -OCH3 is 1. The smallest absolute Gasteiger partial charge is 0.330 e. The van der Waals surface area contributed by atoms with E-state index in [0.717, 1.165) is 61.6 Å². The maximum Gasteiger partial charge on any atom is 0.330 e. The zero-order chi connectivity index (χ0) is 19.3. The number of fused-ring (bicyclic) bond motifs is 1. The van der Waals surface area contributed by atoms with E-state index < -0.39 is 0 Å². The van der Waals surface area contributed by atoms with E-state index in [-0.39, 0.29) is 12.0 Å². The van der Waals surface area contributed by atoms with Crippen molar-refractivity contribution in [3.05, 3.63) is 42.4 Å². The van der Waals surface area contributed by atoms with Gasteiger partial charge in [0, 0.05) is 31.7 Å². The SMILES string of the molecule is COc1nc2cc(N3CCOCC3)ccc2n1C(=O)NCCCc1ccco1. The van der Waals surface area contributed by atoms with Crippen molar-refractivity contribution in [1.29, 1.82) is 0 Å². The minimum absolute atomic E-state index is 0.252. The number of carbonyl (C=O) groups is 1. The standard InChI is InChI=1S/C20H24N4O4/c1-26-20-22-17-14-15(23-9-12-27-13-10-23)6-7-18(17)24(20)19(25)21-8-2-4-16-5-3-11-28-16/h3,5-7,11,14H,2,4,8-10,12-13H2,1H3,(H,21,25). The van der Waals surface area contributed by atoms with Crippen molar-refractivity contribution in [3.8, 4) is 6.01 Å². The summed E-state index contributed by atoms with van der Waals surface area (Å²) >= 11 is 0. The van der Waals surface area contributed by atoms with E-state index in [9.17, 15) is 4.79 Å². The lowest BCUT2D eigenvalue weighted by Gasteiger charge is -2.28. The Kier molecular flexibility index (Phi) is 5.48. The Labute approximate surface area is 163 Å². The number of carbonyl (C=O) groups excluding carboxylic acids is 1. The summed E-state index contributed by atoms with van der Waals surface area (Å²) < 4.78 is 17.5. The molecule has 0 unspecified atom stereocenters. The molecule has 3 heterocycles. The molecule has 8 nitrogen and oxygen atoms in total. The molecule has 1 saturated heterocycles. The van der Waals surface area contributed by atoms with Crippen molar-refractivity contribution in [2.75, 3.05) is 44.9 Å². The van der Waals surface area contributed by atoms with Crippen LogP contribution in [0.15, 0.2) is 41.0 Å². The summed E-state index contributed by atoms with van der Waals surface area (Å²) in [6, 6.07) is 9.73. The molecule has 1 N–H and O–H groups in total. The number of furan rings is 1. The Morgan fingerprint density at radius 3 is 2.89 bits per heavy atom. The van der Waals surface area contributed by atoms with Crippen LogP contribution in [0.2, 0.25) is 0 Å². The van der Waals surface area contributed by atoms with Crippen molar-refractivity contribution in [3.63, 3.8) is 0 Å². The van der Waals surface area contributed by atoms with Crippen LogP contribution in [0.5, 0.6) is 6.01 Å². The Bertz CT molecular complexity index is 929. The molecule has 148 valence electrons. The van der Waals surface area contributed by atoms with E-state index in [1.807, 2.05) is 30.3 Å². The molecule has 0 aliphatic carbocycles. The van der Waals surface area contributed by atoms with Gasteiger partial charge in [0.15, 0.2) is 0 Å². The van der Waals surface area contributed by atoms with Gasteiger partial charge in [0.05, 0.1) is 37.6 Å². The first-order chi connectivity index (χ1) is 13.8. The number of nitrogens with zero attached hydrogens (tertiary/aromatic N) is 3. The molecule has 4 rings (SSSR count). The molecule has 8 heteroatoms. The second-order valence-corrected chi connectivity index (χ2v) is 6.62. The summed E-state index contributed by atoms with van der Waals surface area (Å²) in [7, 11) is 1.52. The van der Waals surface area contributed by atoms with Gasteiger partial charge in [-0.15, -0.1) is 0 Å². The zero-order valence-corrected chi connectivity index (χ0v) is 15.9. The largest absolute Gasteiger partial charge is 0.469 e. The first kappa shape index (κ1) is 18.4. The highest BCUT2D eigenvalue weighted by Gasteiger charge is 2.19. The molecule has 1 aliphatic rings. The second kappa shape index (κ2) is 8.35. The Morgan fingerprint density at radius 2 is 2.14 bits per heavy atom. The summed E-state index contributed by atoms with van der Waals surface area (Å²) in [4.78, 5) is 19.5. The Hall–Kier alpha value is -3.00. The molecule has 3 aromatic rings. The van der Waals surface area contributed by atoms with E-state index in [1.165, 1.54) is 11.7 Å². The quantitative estimate of drug-likeness (QED) is 0.658. The van der Waals surface area contributed by atoms with Gasteiger partial charge in [-0.25, -0.2) is 9.36 Å². The second-order valence-electron chi connectivity index (χ2n) is 6.62. The van der Waals surface area contributed by atoms with Crippen LogP contribution in [0.1, 0.15) is 12.2 Å². The van der Waals surface area contributed by atoms with E-state index in [2.05, 4.69) is 15.2 Å². The van der Waals surface area contributed by atoms with Gasteiger partial charge < -0.3 is 24.1 Å². The number of morpholine rings is 1. The number of rotatable bonds is 6. The van der Waals surface area contributed by atoms with Crippen LogP contribution >= 0.6 is 0 Å². The van der Waals surface area contributed by atoms with Gasteiger partial charge in [0.25, 0.3) is 0 Å². The maximum absolute atomic E-state index is 12.7. The van der Waals surface area contributed by atoms with E-state index >= 15 is 0 Å². The molecule has 0 atom stereocenters. The molecule has 1 fully saturated rings. The first-order valence-electron chi connectivity index (χ1n) is 9.46. The molecule has 1 aromatic carbocycles. The van der Waals surface area contributed by atoms with Crippen molar-refractivity contribution in [1.82, 2.24) is 14.9 Å². The van der Waals surface area contributed by atoms with Gasteiger partial charge in [0.1, 0.15) is 5.76 Å². The fraction of sp³-hybridized carbons (Fsp3) is 0.400. The van der Waals surface area contributed by atoms with Gasteiger partial charge >= 0.3 is 12.0 Å². The molecule has 1 amide bonds. The molecular formula is C20H24N4O4. The highest BCUT2D eigenvalue weighted by molar-refractivity contribution is 5.92. The number of aryl methyl sites for hydroxylation is 1. The third-order valence-corrected chi connectivity index (χ3v) is 4.83. The lowest BCUT2D eigenvalue weighted by atomic mass is 10.2. The number of aromatic nitrogens is 2. The fourth-order valence-corrected chi connectivity index (χ4v) is 3.39. The van der Waals surface area contributed by atoms with Crippen LogP contribution in [0, 0.1) is 0 Å². The summed E-state index contributed by atoms with van der Waals surface area (Å²) in [5.41, 5.74) is 2.52. The van der Waals surface area contributed by atoms with Crippen LogP contribution in [0.3, 0.4) is 0 Å². The number of imidazole rings is 1. The Balaban J connectivity index is 1.47. The molecule has 0 bridgehead atoms. The zero-order valence-electron chi connectivity index (χ0n) is 15.9. The highest BCUT2D eigenvalue weighted by Crippen LogP contribution is 2.26. The summed E-state index contributed by atoms with van der Waals surface area (Å²) in [5.74, 6) is 0.913. The number of ether oxygens (including phenoxy) is 2. The minimum atomic E-state index is -0.252. The van der Waals surface area contributed by atoms with Crippen LogP contribution < -0.4 is 15.0 Å². The molecular weight excluding hydrogens is 360 g/mol. The van der Waals surface area contributed by atoms with Crippen LogP contribution in [0.25, 0.3) is 11.0 Å². The molecule has 0 saturated carbocycles. The van der Waals surface area contributed by atoms with Crippen molar-refractivity contribution in [2.24, 2.45) is 0 Å². The van der Waals surface area contributed by atoms with E-state index in [1.54, 1.807) is 6.26 Å². The lowest BCUT2D eigenvalue weighted by Crippen LogP contribution is -2.36. The van der Waals surface area contributed by atoms with Crippen LogP contribution in [0.4, 0.5) is 10.5 Å². The average molecular weight is 384 g/mol. The molecule has 0 radical (unpaired) electrons. The number of hydrogen-bond donors (Lipinski definition) is 1. The van der Waals surface area contributed by atoms with Gasteiger partial charge in [-0.2, -0.15) is 4.98 Å². The van der Waals surface area contributed by atoms with Gasteiger partial charge in [-0.3, -0.25) is 0 Å². The third kappa shape index (κ3) is 3.82. The number of nitrogens with one attached hydrogen (secondary N) is 1. The summed E-state index contributed by atoms with van der Waals surface area (Å²) in [6.45, 7) is 3.67.